The first-order valence-corrected chi connectivity index (χ1v) is 8.91. The van der Waals surface area contributed by atoms with Gasteiger partial charge >= 0.3 is 0 Å². The fraction of sp³-hybridized carbons (Fsp3) is 0.632. The van der Waals surface area contributed by atoms with Crippen LogP contribution in [-0.2, 0) is 30.5 Å². The number of fused-ring (bicyclic) bond motifs is 2. The highest BCUT2D eigenvalue weighted by atomic mass is 16.1. The first kappa shape index (κ1) is 15.5. The molecule has 0 saturated heterocycles. The molecule has 1 aromatic rings. The van der Waals surface area contributed by atoms with Crippen LogP contribution < -0.4 is 5.32 Å². The summed E-state index contributed by atoms with van der Waals surface area (Å²) < 4.78 is 0. The molecular weight excluding hydrogens is 272 g/mol. The normalized spacial score (nSPS) is 16.0. The minimum atomic E-state index is 0.182. The average molecular weight is 300 g/mol. The predicted octanol–water partition coefficient (Wildman–Crippen LogP) is 3.33. The Morgan fingerprint density at radius 1 is 1.05 bits per heavy atom. The van der Waals surface area contributed by atoms with Crippen molar-refractivity contribution in [2.24, 2.45) is 0 Å². The van der Waals surface area contributed by atoms with Crippen LogP contribution in [-0.4, -0.2) is 30.4 Å². The molecule has 1 amide bonds. The second-order valence-corrected chi connectivity index (χ2v) is 6.56. The van der Waals surface area contributed by atoms with Crippen molar-refractivity contribution in [3.05, 3.63) is 28.3 Å². The maximum Gasteiger partial charge on any atom is 0.225 e. The van der Waals surface area contributed by atoms with Gasteiger partial charge < -0.3 is 10.2 Å². The van der Waals surface area contributed by atoms with Gasteiger partial charge in [0.15, 0.2) is 0 Å². The molecule has 0 fully saturated rings. The molecule has 0 saturated carbocycles. The highest BCUT2D eigenvalue weighted by Crippen LogP contribution is 2.38. The van der Waals surface area contributed by atoms with Gasteiger partial charge in [-0.15, -0.1) is 0 Å². The molecule has 2 aliphatic rings. The quantitative estimate of drug-likeness (QED) is 0.874. The SMILES string of the molecule is CCN(CC)CCC(=O)Nc1c2c(cc3c1CCC3)CCC2. The van der Waals surface area contributed by atoms with Crippen LogP contribution in [0.2, 0.25) is 0 Å². The molecule has 0 bridgehead atoms. The monoisotopic (exact) mass is 300 g/mol. The Bertz CT molecular complexity index is 529. The molecule has 0 aliphatic heterocycles. The second-order valence-electron chi connectivity index (χ2n) is 6.56. The van der Waals surface area contributed by atoms with E-state index >= 15 is 0 Å². The van der Waals surface area contributed by atoms with E-state index in [0.717, 1.165) is 32.5 Å². The molecule has 0 spiro atoms. The Morgan fingerprint density at radius 3 is 2.18 bits per heavy atom. The third-order valence-electron chi connectivity index (χ3n) is 5.29. The van der Waals surface area contributed by atoms with Crippen molar-refractivity contribution in [3.8, 4) is 0 Å². The number of carbonyl (C=O) groups excluding carboxylic acids is 1. The average Bonchev–Trinajstić information content (AvgIpc) is 3.16. The highest BCUT2D eigenvalue weighted by Gasteiger charge is 2.24. The number of nitrogens with zero attached hydrogens (tertiary/aromatic N) is 1. The minimum Gasteiger partial charge on any atom is -0.326 e. The molecule has 22 heavy (non-hydrogen) atoms. The summed E-state index contributed by atoms with van der Waals surface area (Å²) in [5.74, 6) is 0.182. The highest BCUT2D eigenvalue weighted by molar-refractivity contribution is 5.93. The Kier molecular flexibility index (Phi) is 4.82. The van der Waals surface area contributed by atoms with Gasteiger partial charge in [0.1, 0.15) is 0 Å². The van der Waals surface area contributed by atoms with Gasteiger partial charge in [0.2, 0.25) is 5.91 Å². The number of rotatable bonds is 6. The number of anilines is 1. The van der Waals surface area contributed by atoms with E-state index in [9.17, 15) is 4.79 Å². The van der Waals surface area contributed by atoms with Crippen LogP contribution in [0.4, 0.5) is 5.69 Å². The molecule has 0 atom stereocenters. The lowest BCUT2D eigenvalue weighted by molar-refractivity contribution is -0.116. The number of benzene rings is 1. The summed E-state index contributed by atoms with van der Waals surface area (Å²) in [7, 11) is 0. The van der Waals surface area contributed by atoms with Crippen LogP contribution in [0, 0.1) is 0 Å². The van der Waals surface area contributed by atoms with Gasteiger partial charge in [-0.2, -0.15) is 0 Å². The van der Waals surface area contributed by atoms with E-state index in [1.807, 2.05) is 0 Å². The fourth-order valence-electron chi connectivity index (χ4n) is 3.97. The van der Waals surface area contributed by atoms with Gasteiger partial charge in [0, 0.05) is 18.7 Å². The van der Waals surface area contributed by atoms with Crippen molar-refractivity contribution < 1.29 is 4.79 Å². The van der Waals surface area contributed by atoms with Crippen LogP contribution in [0.15, 0.2) is 6.07 Å². The van der Waals surface area contributed by atoms with Crippen LogP contribution >= 0.6 is 0 Å². The number of amides is 1. The van der Waals surface area contributed by atoms with E-state index in [0.29, 0.717) is 6.42 Å². The van der Waals surface area contributed by atoms with Crippen LogP contribution in [0.5, 0.6) is 0 Å². The first-order chi connectivity index (χ1) is 10.7. The van der Waals surface area contributed by atoms with Gasteiger partial charge in [-0.25, -0.2) is 0 Å². The van der Waals surface area contributed by atoms with Gasteiger partial charge in [0.05, 0.1) is 0 Å². The minimum absolute atomic E-state index is 0.182. The summed E-state index contributed by atoms with van der Waals surface area (Å²) in [5, 5.41) is 3.28. The number of aryl methyl sites for hydroxylation is 2. The predicted molar refractivity (Wildman–Crippen MR) is 91.5 cm³/mol. The molecule has 0 aromatic heterocycles. The molecule has 120 valence electrons. The topological polar surface area (TPSA) is 32.3 Å². The summed E-state index contributed by atoms with van der Waals surface area (Å²) in [4.78, 5) is 14.7. The molecular formula is C19H28N2O. The van der Waals surface area contributed by atoms with E-state index in [-0.39, 0.29) is 5.91 Å². The number of hydrogen-bond acceptors (Lipinski definition) is 2. The number of nitrogens with one attached hydrogen (secondary N) is 1. The van der Waals surface area contributed by atoms with E-state index in [4.69, 9.17) is 0 Å². The second kappa shape index (κ2) is 6.82. The molecule has 1 N–H and O–H groups in total. The molecule has 0 unspecified atom stereocenters. The van der Waals surface area contributed by atoms with Crippen molar-refractivity contribution in [3.63, 3.8) is 0 Å². The lowest BCUT2D eigenvalue weighted by atomic mass is 9.98. The first-order valence-electron chi connectivity index (χ1n) is 8.91. The van der Waals surface area contributed by atoms with E-state index in [1.165, 1.54) is 53.6 Å². The summed E-state index contributed by atoms with van der Waals surface area (Å²) in [6, 6.07) is 2.41. The Hall–Kier alpha value is -1.35. The zero-order valence-electron chi connectivity index (χ0n) is 14.0. The third kappa shape index (κ3) is 3.05. The maximum atomic E-state index is 12.4. The fourth-order valence-corrected chi connectivity index (χ4v) is 3.97. The molecule has 2 aliphatic carbocycles. The van der Waals surface area contributed by atoms with E-state index in [2.05, 4.69) is 30.1 Å². The zero-order valence-corrected chi connectivity index (χ0v) is 14.0. The van der Waals surface area contributed by atoms with Crippen molar-refractivity contribution in [1.29, 1.82) is 0 Å². The molecule has 0 heterocycles. The van der Waals surface area contributed by atoms with Gasteiger partial charge in [-0.3, -0.25) is 4.79 Å². The summed E-state index contributed by atoms with van der Waals surface area (Å²) >= 11 is 0. The van der Waals surface area contributed by atoms with Crippen LogP contribution in [0.3, 0.4) is 0 Å². The largest absolute Gasteiger partial charge is 0.326 e. The van der Waals surface area contributed by atoms with E-state index in [1.54, 1.807) is 0 Å². The standard InChI is InChI=1S/C19H28N2O/c1-3-21(4-2)12-11-18(22)20-19-16-9-5-7-14(16)13-15-8-6-10-17(15)19/h13H,3-12H2,1-2H3,(H,20,22). The maximum absolute atomic E-state index is 12.4. The number of carbonyl (C=O) groups is 1. The van der Waals surface area contributed by atoms with Crippen molar-refractivity contribution in [1.82, 2.24) is 4.90 Å². The smallest absolute Gasteiger partial charge is 0.225 e. The van der Waals surface area contributed by atoms with Crippen molar-refractivity contribution in [2.75, 3.05) is 25.0 Å². The Balaban J connectivity index is 1.74. The van der Waals surface area contributed by atoms with Crippen LogP contribution in [0.1, 0.15) is 55.4 Å². The van der Waals surface area contributed by atoms with Gasteiger partial charge in [0.25, 0.3) is 0 Å². The zero-order chi connectivity index (χ0) is 15.5. The Morgan fingerprint density at radius 2 is 1.64 bits per heavy atom. The third-order valence-corrected chi connectivity index (χ3v) is 5.29. The van der Waals surface area contributed by atoms with Gasteiger partial charge in [-0.05, 0) is 73.9 Å². The summed E-state index contributed by atoms with van der Waals surface area (Å²) in [6.45, 7) is 7.19. The van der Waals surface area contributed by atoms with Crippen LogP contribution in [0.25, 0.3) is 0 Å². The summed E-state index contributed by atoms with van der Waals surface area (Å²) in [5.41, 5.74) is 7.01. The van der Waals surface area contributed by atoms with E-state index < -0.39 is 0 Å². The molecule has 3 nitrogen and oxygen atoms in total. The molecule has 0 radical (unpaired) electrons. The lowest BCUT2D eigenvalue weighted by Gasteiger charge is -2.19. The lowest BCUT2D eigenvalue weighted by Crippen LogP contribution is -2.27. The van der Waals surface area contributed by atoms with Gasteiger partial charge in [-0.1, -0.05) is 19.9 Å². The summed E-state index contributed by atoms with van der Waals surface area (Å²) in [6.07, 6.45) is 7.71. The molecule has 3 rings (SSSR count). The Labute approximate surface area is 134 Å². The van der Waals surface area contributed by atoms with Crippen molar-refractivity contribution >= 4 is 11.6 Å². The number of hydrogen-bond donors (Lipinski definition) is 1. The molecule has 3 heteroatoms. The van der Waals surface area contributed by atoms with Crippen molar-refractivity contribution in [2.45, 2.75) is 58.8 Å². The molecule has 1 aromatic carbocycles.